The van der Waals surface area contributed by atoms with Crippen molar-refractivity contribution in [3.05, 3.63) is 58.6 Å². The van der Waals surface area contributed by atoms with Crippen LogP contribution >= 0.6 is 15.9 Å². The molecule has 4 nitrogen and oxygen atoms in total. The molecule has 0 aliphatic heterocycles. The first-order valence-electron chi connectivity index (χ1n) is 6.43. The van der Waals surface area contributed by atoms with Crippen molar-refractivity contribution in [3.63, 3.8) is 0 Å². The Morgan fingerprint density at radius 3 is 2.62 bits per heavy atom. The number of benzene rings is 2. The van der Waals surface area contributed by atoms with Crippen LogP contribution in [0.15, 0.2) is 57.9 Å². The fourth-order valence-electron chi connectivity index (χ4n) is 1.76. The fourth-order valence-corrected chi connectivity index (χ4v) is 3.28. The van der Waals surface area contributed by atoms with E-state index in [1.54, 1.807) is 18.2 Å². The van der Waals surface area contributed by atoms with Gasteiger partial charge >= 0.3 is 0 Å². The van der Waals surface area contributed by atoms with Crippen LogP contribution in [-0.4, -0.2) is 21.6 Å². The highest BCUT2D eigenvalue weighted by atomic mass is 79.9. The summed E-state index contributed by atoms with van der Waals surface area (Å²) in [6.07, 6.45) is 0. The molecule has 0 aliphatic rings. The first-order valence-corrected chi connectivity index (χ1v) is 8.70. The van der Waals surface area contributed by atoms with Crippen LogP contribution in [-0.2, 0) is 10.0 Å². The third kappa shape index (κ3) is 4.56. The van der Waals surface area contributed by atoms with Gasteiger partial charge in [0.2, 0.25) is 10.0 Å². The predicted molar refractivity (Wildman–Crippen MR) is 86.0 cm³/mol. The number of para-hydroxylation sites is 1. The monoisotopic (exact) mass is 369 g/mol. The minimum absolute atomic E-state index is 0.206. The van der Waals surface area contributed by atoms with E-state index in [2.05, 4.69) is 20.7 Å². The third-order valence-corrected chi connectivity index (χ3v) is 4.90. The summed E-state index contributed by atoms with van der Waals surface area (Å²) in [5, 5.41) is 0. The first kappa shape index (κ1) is 16.0. The highest BCUT2D eigenvalue weighted by Gasteiger charge is 2.13. The molecule has 0 aromatic heterocycles. The maximum atomic E-state index is 12.1. The molecule has 0 amide bonds. The summed E-state index contributed by atoms with van der Waals surface area (Å²) in [4.78, 5) is 0.267. The van der Waals surface area contributed by atoms with Crippen molar-refractivity contribution >= 4 is 26.0 Å². The van der Waals surface area contributed by atoms with E-state index in [1.807, 2.05) is 37.3 Å². The summed E-state index contributed by atoms with van der Waals surface area (Å²) < 4.78 is 33.1. The minimum Gasteiger partial charge on any atom is -0.491 e. The summed E-state index contributed by atoms with van der Waals surface area (Å²) in [5.74, 6) is 0.687. The lowest BCUT2D eigenvalue weighted by atomic mass is 10.2. The molecule has 0 saturated carbocycles. The van der Waals surface area contributed by atoms with Crippen LogP contribution in [0.3, 0.4) is 0 Å². The summed E-state index contributed by atoms with van der Waals surface area (Å²) in [6.45, 7) is 2.32. The SMILES string of the molecule is Cc1cccc(S(=O)(=O)NCCOc2ccccc2Br)c1. The molecule has 2 rings (SSSR count). The Hall–Kier alpha value is -1.37. The topological polar surface area (TPSA) is 55.4 Å². The van der Waals surface area contributed by atoms with Crippen molar-refractivity contribution in [2.24, 2.45) is 0 Å². The Morgan fingerprint density at radius 1 is 1.14 bits per heavy atom. The molecule has 21 heavy (non-hydrogen) atoms. The van der Waals surface area contributed by atoms with Crippen LogP contribution in [0.2, 0.25) is 0 Å². The Bertz CT molecular complexity index is 716. The quantitative estimate of drug-likeness (QED) is 0.795. The molecule has 0 spiro atoms. The van der Waals surface area contributed by atoms with E-state index in [9.17, 15) is 8.42 Å². The van der Waals surface area contributed by atoms with E-state index in [0.29, 0.717) is 5.75 Å². The van der Waals surface area contributed by atoms with Crippen LogP contribution in [0.1, 0.15) is 5.56 Å². The van der Waals surface area contributed by atoms with Gasteiger partial charge in [0.25, 0.3) is 0 Å². The van der Waals surface area contributed by atoms with Crippen LogP contribution in [0.5, 0.6) is 5.75 Å². The molecule has 0 atom stereocenters. The lowest BCUT2D eigenvalue weighted by molar-refractivity contribution is 0.321. The Kier molecular flexibility index (Phi) is 5.39. The number of aryl methyl sites for hydroxylation is 1. The predicted octanol–water partition coefficient (Wildman–Crippen LogP) is 3.11. The van der Waals surface area contributed by atoms with Gasteiger partial charge in [-0.05, 0) is 52.7 Å². The maximum Gasteiger partial charge on any atom is 0.240 e. The van der Waals surface area contributed by atoms with Crippen molar-refractivity contribution in [1.82, 2.24) is 4.72 Å². The van der Waals surface area contributed by atoms with Crippen molar-refractivity contribution in [2.45, 2.75) is 11.8 Å². The van der Waals surface area contributed by atoms with Gasteiger partial charge in [0.05, 0.1) is 9.37 Å². The second-order valence-corrected chi connectivity index (χ2v) is 7.11. The molecule has 0 bridgehead atoms. The Morgan fingerprint density at radius 2 is 1.90 bits per heavy atom. The van der Waals surface area contributed by atoms with Gasteiger partial charge in [-0.3, -0.25) is 0 Å². The number of rotatable bonds is 6. The number of halogens is 1. The van der Waals surface area contributed by atoms with Crippen molar-refractivity contribution in [1.29, 1.82) is 0 Å². The van der Waals surface area contributed by atoms with Crippen LogP contribution in [0.25, 0.3) is 0 Å². The second kappa shape index (κ2) is 7.06. The average molecular weight is 370 g/mol. The molecule has 0 heterocycles. The van der Waals surface area contributed by atoms with E-state index in [-0.39, 0.29) is 18.0 Å². The first-order chi connectivity index (χ1) is 9.99. The molecule has 0 radical (unpaired) electrons. The molecule has 112 valence electrons. The number of ether oxygens (including phenoxy) is 1. The molecular formula is C15H16BrNO3S. The summed E-state index contributed by atoms with van der Waals surface area (Å²) in [5.41, 5.74) is 0.905. The zero-order valence-corrected chi connectivity index (χ0v) is 13.9. The molecule has 0 fully saturated rings. The molecule has 6 heteroatoms. The van der Waals surface area contributed by atoms with Crippen LogP contribution in [0, 0.1) is 6.92 Å². The number of hydrogen-bond donors (Lipinski definition) is 1. The van der Waals surface area contributed by atoms with E-state index in [1.165, 1.54) is 0 Å². The number of nitrogens with one attached hydrogen (secondary N) is 1. The summed E-state index contributed by atoms with van der Waals surface area (Å²) in [6, 6.07) is 14.2. The highest BCUT2D eigenvalue weighted by Crippen LogP contribution is 2.23. The van der Waals surface area contributed by atoms with Crippen LogP contribution in [0.4, 0.5) is 0 Å². The van der Waals surface area contributed by atoms with E-state index < -0.39 is 10.0 Å². The van der Waals surface area contributed by atoms with Gasteiger partial charge in [0, 0.05) is 6.54 Å². The van der Waals surface area contributed by atoms with Crippen molar-refractivity contribution in [3.8, 4) is 5.75 Å². The van der Waals surface area contributed by atoms with E-state index >= 15 is 0 Å². The summed E-state index contributed by atoms with van der Waals surface area (Å²) in [7, 11) is -3.49. The third-order valence-electron chi connectivity index (χ3n) is 2.79. The maximum absolute atomic E-state index is 12.1. The summed E-state index contributed by atoms with van der Waals surface area (Å²) >= 11 is 3.37. The number of sulfonamides is 1. The van der Waals surface area contributed by atoms with E-state index in [4.69, 9.17) is 4.74 Å². The Balaban J connectivity index is 1.90. The van der Waals surface area contributed by atoms with Gasteiger partial charge in [-0.25, -0.2) is 13.1 Å². The van der Waals surface area contributed by atoms with Crippen molar-refractivity contribution < 1.29 is 13.2 Å². The largest absolute Gasteiger partial charge is 0.491 e. The molecule has 1 N–H and O–H groups in total. The lowest BCUT2D eigenvalue weighted by Crippen LogP contribution is -2.28. The normalized spacial score (nSPS) is 11.3. The van der Waals surface area contributed by atoms with Gasteiger partial charge in [-0.1, -0.05) is 24.3 Å². The zero-order valence-electron chi connectivity index (χ0n) is 11.5. The second-order valence-electron chi connectivity index (χ2n) is 4.49. The molecule has 0 aliphatic carbocycles. The van der Waals surface area contributed by atoms with Gasteiger partial charge < -0.3 is 4.74 Å². The number of hydrogen-bond acceptors (Lipinski definition) is 3. The molecular weight excluding hydrogens is 354 g/mol. The zero-order chi connectivity index (χ0) is 15.3. The standard InChI is InChI=1S/C15H16BrNO3S/c1-12-5-4-6-13(11-12)21(18,19)17-9-10-20-15-8-3-2-7-14(15)16/h2-8,11,17H,9-10H2,1H3. The minimum atomic E-state index is -3.49. The molecule has 2 aromatic rings. The lowest BCUT2D eigenvalue weighted by Gasteiger charge is -2.10. The molecule has 0 unspecified atom stereocenters. The molecule has 2 aromatic carbocycles. The fraction of sp³-hybridized carbons (Fsp3) is 0.200. The van der Waals surface area contributed by atoms with E-state index in [0.717, 1.165) is 10.0 Å². The Labute approximate surface area is 133 Å². The average Bonchev–Trinajstić information content (AvgIpc) is 2.45. The van der Waals surface area contributed by atoms with Gasteiger partial charge in [0.1, 0.15) is 12.4 Å². The van der Waals surface area contributed by atoms with Crippen LogP contribution < -0.4 is 9.46 Å². The smallest absolute Gasteiger partial charge is 0.240 e. The highest BCUT2D eigenvalue weighted by molar-refractivity contribution is 9.10. The van der Waals surface area contributed by atoms with Gasteiger partial charge in [0.15, 0.2) is 0 Å². The van der Waals surface area contributed by atoms with Gasteiger partial charge in [-0.2, -0.15) is 0 Å². The van der Waals surface area contributed by atoms with Gasteiger partial charge in [-0.15, -0.1) is 0 Å². The van der Waals surface area contributed by atoms with Crippen molar-refractivity contribution in [2.75, 3.05) is 13.2 Å². The molecule has 0 saturated heterocycles.